The molecule has 12 heteroatoms. The summed E-state index contributed by atoms with van der Waals surface area (Å²) < 4.78 is 26.6. The molecule has 0 bridgehead atoms. The predicted molar refractivity (Wildman–Crippen MR) is 263 cm³/mol. The highest BCUT2D eigenvalue weighted by Gasteiger charge is 2.65. The second-order valence-corrected chi connectivity index (χ2v) is 19.1. The number of amides is 2. The van der Waals surface area contributed by atoms with E-state index in [2.05, 4.69) is 31.8 Å². The molecule has 7 atom stereocenters. The number of carbonyl (C=O) groups is 2. The first-order chi connectivity index (χ1) is 32.9. The normalized spacial score (nSPS) is 24.7. The van der Waals surface area contributed by atoms with Crippen molar-refractivity contribution in [2.75, 3.05) is 33.0 Å². The molecule has 0 radical (unpaired) electrons. The van der Waals surface area contributed by atoms with Crippen molar-refractivity contribution in [1.82, 2.24) is 10.2 Å². The molecule has 12 nitrogen and oxygen atoms in total. The van der Waals surface area contributed by atoms with Gasteiger partial charge in [-0.3, -0.25) is 4.79 Å². The Morgan fingerprint density at radius 3 is 2.36 bits per heavy atom. The van der Waals surface area contributed by atoms with Gasteiger partial charge in [0, 0.05) is 57.0 Å². The maximum Gasteiger partial charge on any atom is 0.412 e. The van der Waals surface area contributed by atoms with Crippen molar-refractivity contribution in [1.29, 1.82) is 0 Å². The number of aliphatic hydroxyl groups is 2. The second-order valence-electron chi connectivity index (χ2n) is 19.1. The highest BCUT2D eigenvalue weighted by Crippen LogP contribution is 2.62. The van der Waals surface area contributed by atoms with Gasteiger partial charge in [0.15, 0.2) is 0 Å². The van der Waals surface area contributed by atoms with Crippen molar-refractivity contribution >= 4 is 17.7 Å². The second kappa shape index (κ2) is 27.7. The number of ether oxygens (including phenoxy) is 4. The molecular weight excluding hydrogens is 847 g/mol. The zero-order chi connectivity index (χ0) is 47.3. The van der Waals surface area contributed by atoms with Crippen LogP contribution in [0.15, 0.2) is 78.0 Å². The number of hydrogen-bond donors (Lipinski definition) is 3. The van der Waals surface area contributed by atoms with Crippen LogP contribution in [-0.4, -0.2) is 83.9 Å². The Morgan fingerprint density at radius 2 is 1.66 bits per heavy atom. The molecule has 2 amide bonds. The van der Waals surface area contributed by atoms with Crippen LogP contribution in [0.3, 0.4) is 0 Å². The van der Waals surface area contributed by atoms with Gasteiger partial charge in [0.1, 0.15) is 17.5 Å². The molecule has 1 saturated carbocycles. The summed E-state index contributed by atoms with van der Waals surface area (Å²) in [5, 5.41) is 27.9. The molecule has 2 fully saturated rings. The molecular formula is C55H81N3O9. The molecule has 6 rings (SSSR count). The SMILES string of the molecule is C=CCOC12Oc3ccc(OC(=O)NCc4ccccc4)cc3C3C(CCCCO)C(CCCCO)C=C(C(=NOC4CCCCO4)CC1N(CCC)C(=O)CCCCCCCCCCC)C32. The van der Waals surface area contributed by atoms with E-state index >= 15 is 0 Å². The van der Waals surface area contributed by atoms with Gasteiger partial charge in [0.25, 0.3) is 0 Å². The van der Waals surface area contributed by atoms with E-state index in [1.54, 1.807) is 12.1 Å². The standard InChI is InChI=1S/C55H81N3O9/c1-4-7-8-9-10-11-12-13-17-28-50(61)58(32-5-2)49-39-47(57-67-51-29-20-23-36-63-51)45-37-42(26-18-21-33-59)44(27-19-22-34-60)52-46-38-43(65-54(62)56-40-41-24-15-14-16-25-41)30-31-48(46)66-55(49,53(45)52)64-35-6-3/h6,14-16,24-25,30-31,37-38,42,44,49,51-53,59-60H,3-5,7-13,17-23,26-29,32-36,39-40H2,1-2H3,(H,56,62). The molecule has 2 aromatic carbocycles. The number of hydrogen-bond acceptors (Lipinski definition) is 10. The van der Waals surface area contributed by atoms with Crippen LogP contribution >= 0.6 is 0 Å². The van der Waals surface area contributed by atoms with E-state index in [9.17, 15) is 19.8 Å². The quantitative estimate of drug-likeness (QED) is 0.0412. The molecule has 3 N–H and O–H groups in total. The van der Waals surface area contributed by atoms with Gasteiger partial charge in [-0.25, -0.2) is 4.79 Å². The molecule has 7 unspecified atom stereocenters. The van der Waals surface area contributed by atoms with Crippen molar-refractivity contribution in [2.24, 2.45) is 22.9 Å². The van der Waals surface area contributed by atoms with E-state index in [-0.39, 0.29) is 43.5 Å². The lowest BCUT2D eigenvalue weighted by Gasteiger charge is -2.60. The molecule has 2 aliphatic carbocycles. The average Bonchev–Trinajstić information content (AvgIpc) is 3.35. The third-order valence-corrected chi connectivity index (χ3v) is 14.2. The molecule has 4 aliphatic rings. The fourth-order valence-electron chi connectivity index (χ4n) is 11.0. The van der Waals surface area contributed by atoms with Crippen LogP contribution in [0.5, 0.6) is 11.5 Å². The molecule has 0 aromatic heterocycles. The van der Waals surface area contributed by atoms with Crippen molar-refractivity contribution in [3.63, 3.8) is 0 Å². The molecule has 1 saturated heterocycles. The number of aliphatic hydroxyl groups excluding tert-OH is 2. The fourth-order valence-corrected chi connectivity index (χ4v) is 11.0. The van der Waals surface area contributed by atoms with Crippen LogP contribution in [-0.2, 0) is 25.7 Å². The smallest absolute Gasteiger partial charge is 0.412 e. The molecule has 67 heavy (non-hydrogen) atoms. The van der Waals surface area contributed by atoms with Crippen LogP contribution < -0.4 is 14.8 Å². The van der Waals surface area contributed by atoms with E-state index in [0.717, 1.165) is 93.0 Å². The molecule has 2 aliphatic heterocycles. The van der Waals surface area contributed by atoms with Crippen LogP contribution in [0.1, 0.15) is 166 Å². The average molecular weight is 928 g/mol. The number of allylic oxidation sites excluding steroid dienone is 1. The summed E-state index contributed by atoms with van der Waals surface area (Å²) in [5.74, 6) is -0.857. The van der Waals surface area contributed by atoms with Crippen LogP contribution in [0, 0.1) is 17.8 Å². The number of oxime groups is 1. The number of carbonyl (C=O) groups excluding carboxylic acids is 2. The lowest BCUT2D eigenvalue weighted by molar-refractivity contribution is -0.257. The Labute approximate surface area is 400 Å². The number of benzene rings is 2. The topological polar surface area (TPSA) is 148 Å². The number of nitrogens with zero attached hydrogens (tertiary/aromatic N) is 2. The van der Waals surface area contributed by atoms with E-state index in [0.29, 0.717) is 56.9 Å². The highest BCUT2D eigenvalue weighted by molar-refractivity contribution is 6.03. The first kappa shape index (κ1) is 52.1. The van der Waals surface area contributed by atoms with Crippen LogP contribution in [0.2, 0.25) is 0 Å². The Kier molecular flexibility index (Phi) is 21.5. The Morgan fingerprint density at radius 1 is 0.910 bits per heavy atom. The zero-order valence-electron chi connectivity index (χ0n) is 40.7. The highest BCUT2D eigenvalue weighted by atomic mass is 16.8. The maximum atomic E-state index is 14.9. The Hall–Kier alpha value is -4.23. The van der Waals surface area contributed by atoms with E-state index < -0.39 is 30.1 Å². The first-order valence-corrected chi connectivity index (χ1v) is 26.0. The Bertz CT molecular complexity index is 1880. The molecule has 2 aromatic rings. The van der Waals surface area contributed by atoms with Crippen molar-refractivity contribution in [3.05, 3.63) is 84.0 Å². The minimum Gasteiger partial charge on any atom is -0.459 e. The van der Waals surface area contributed by atoms with Gasteiger partial charge in [-0.2, -0.15) is 0 Å². The van der Waals surface area contributed by atoms with Crippen molar-refractivity contribution < 1.29 is 43.6 Å². The largest absolute Gasteiger partial charge is 0.459 e. The predicted octanol–water partition coefficient (Wildman–Crippen LogP) is 11.3. The van der Waals surface area contributed by atoms with Gasteiger partial charge >= 0.3 is 6.09 Å². The maximum absolute atomic E-state index is 14.9. The minimum atomic E-state index is -1.35. The summed E-state index contributed by atoms with van der Waals surface area (Å²) in [6.07, 6.45) is 22.4. The summed E-state index contributed by atoms with van der Waals surface area (Å²) in [6, 6.07) is 14.7. The van der Waals surface area contributed by atoms with Crippen molar-refractivity contribution in [2.45, 2.75) is 179 Å². The number of unbranched alkanes of at least 4 members (excludes halogenated alkanes) is 10. The zero-order valence-corrected chi connectivity index (χ0v) is 40.7. The van der Waals surface area contributed by atoms with E-state index in [4.69, 9.17) is 28.9 Å². The van der Waals surface area contributed by atoms with Gasteiger partial charge in [0.2, 0.25) is 18.0 Å². The third-order valence-electron chi connectivity index (χ3n) is 14.2. The third kappa shape index (κ3) is 14.2. The van der Waals surface area contributed by atoms with Gasteiger partial charge in [0.05, 0.1) is 24.8 Å². The number of fused-ring (bicyclic) bond motifs is 2. The lowest BCUT2D eigenvalue weighted by atomic mass is 9.55. The van der Waals surface area contributed by atoms with E-state index in [1.807, 2.05) is 47.4 Å². The van der Waals surface area contributed by atoms with E-state index in [1.165, 1.54) is 38.5 Å². The summed E-state index contributed by atoms with van der Waals surface area (Å²) in [7, 11) is 0. The Balaban J connectivity index is 1.43. The fraction of sp³-hybridized carbons (Fsp3) is 0.655. The van der Waals surface area contributed by atoms with Crippen LogP contribution in [0.4, 0.5) is 4.79 Å². The number of rotatable bonds is 29. The summed E-state index contributed by atoms with van der Waals surface area (Å²) in [6.45, 7) is 10.3. The van der Waals surface area contributed by atoms with Gasteiger partial charge in [-0.1, -0.05) is 126 Å². The summed E-state index contributed by atoms with van der Waals surface area (Å²) in [4.78, 5) is 36.5. The minimum absolute atomic E-state index is 0.0374. The van der Waals surface area contributed by atoms with Crippen molar-refractivity contribution in [3.8, 4) is 11.5 Å². The summed E-state index contributed by atoms with van der Waals surface area (Å²) in [5.41, 5.74) is 3.57. The monoisotopic (exact) mass is 928 g/mol. The molecule has 370 valence electrons. The molecule has 2 heterocycles. The van der Waals surface area contributed by atoms with Gasteiger partial charge in [-0.05, 0) is 92.5 Å². The first-order valence-electron chi connectivity index (χ1n) is 26.0. The number of nitrogens with one attached hydrogen (secondary N) is 1. The van der Waals surface area contributed by atoms with Crippen LogP contribution in [0.25, 0.3) is 0 Å². The lowest BCUT2D eigenvalue weighted by Crippen LogP contribution is -2.70. The molecule has 0 spiro atoms. The van der Waals surface area contributed by atoms with Gasteiger partial charge < -0.3 is 44.2 Å². The van der Waals surface area contributed by atoms with Gasteiger partial charge in [-0.15, -0.1) is 6.58 Å². The summed E-state index contributed by atoms with van der Waals surface area (Å²) >= 11 is 0.